The summed E-state index contributed by atoms with van der Waals surface area (Å²) in [5.74, 6) is 0. The number of hydrogen-bond acceptors (Lipinski definition) is 3. The van der Waals surface area contributed by atoms with Crippen molar-refractivity contribution in [3.63, 3.8) is 0 Å². The van der Waals surface area contributed by atoms with E-state index in [9.17, 15) is 4.79 Å². The van der Waals surface area contributed by atoms with Gasteiger partial charge in [0.05, 0.1) is 0 Å². The molecule has 0 unspecified atom stereocenters. The van der Waals surface area contributed by atoms with Gasteiger partial charge in [0.2, 0.25) is 0 Å². The van der Waals surface area contributed by atoms with E-state index in [1.54, 1.807) is 12.1 Å². The maximum atomic E-state index is 10.9. The molecule has 0 saturated heterocycles. The van der Waals surface area contributed by atoms with Crippen LogP contribution in [0.3, 0.4) is 0 Å². The first kappa shape index (κ1) is 8.59. The highest BCUT2D eigenvalue weighted by atomic mass is 16.4. The number of rotatable bonds is 0. The van der Waals surface area contributed by atoms with E-state index < -0.39 is 5.63 Å². The molecule has 1 rings (SSSR count). The summed E-state index contributed by atoms with van der Waals surface area (Å²) in [6, 6.07) is 1.61. The van der Waals surface area contributed by atoms with Crippen LogP contribution in [-0.2, 0) is 0 Å². The van der Waals surface area contributed by atoms with Crippen LogP contribution in [0.4, 0.5) is 5.69 Å². The van der Waals surface area contributed by atoms with E-state index >= 15 is 0 Å². The van der Waals surface area contributed by atoms with Gasteiger partial charge in [-0.3, -0.25) is 0 Å². The van der Waals surface area contributed by atoms with E-state index in [-0.39, 0.29) is 5.69 Å². The Morgan fingerprint density at radius 1 is 1.42 bits per heavy atom. The summed E-state index contributed by atoms with van der Waals surface area (Å²) in [7, 11) is 0. The van der Waals surface area contributed by atoms with Gasteiger partial charge in [0.15, 0.2) is 0 Å². The second-order valence-electron chi connectivity index (χ2n) is 2.39. The fraction of sp³-hybridized carbons (Fsp3) is 0.222. The molecule has 0 atom stereocenters. The van der Waals surface area contributed by atoms with Gasteiger partial charge >= 0.3 is 5.63 Å². The Kier molecular flexibility index (Phi) is 2.33. The molecular formula is C9H11NO2. The van der Waals surface area contributed by atoms with Crippen LogP contribution < -0.4 is 22.0 Å². The Labute approximate surface area is 69.8 Å². The summed E-state index contributed by atoms with van der Waals surface area (Å²) in [5.41, 5.74) is 5.61. The normalized spacial score (nSPS) is 13.8. The molecule has 0 aromatic carbocycles. The van der Waals surface area contributed by atoms with Crippen molar-refractivity contribution >= 4 is 17.8 Å². The van der Waals surface area contributed by atoms with Gasteiger partial charge < -0.3 is 10.2 Å². The lowest BCUT2D eigenvalue weighted by Crippen LogP contribution is -2.29. The zero-order chi connectivity index (χ0) is 9.14. The average Bonchev–Trinajstić information content (AvgIpc) is 2.09. The highest BCUT2D eigenvalue weighted by molar-refractivity contribution is 5.37. The molecule has 0 aliphatic carbocycles. The third-order valence-electron chi connectivity index (χ3n) is 1.61. The van der Waals surface area contributed by atoms with E-state index in [1.807, 2.05) is 19.9 Å². The van der Waals surface area contributed by atoms with E-state index in [2.05, 4.69) is 0 Å². The molecule has 1 aromatic heterocycles. The van der Waals surface area contributed by atoms with Crippen LogP contribution in [-0.4, -0.2) is 0 Å². The largest absolute Gasteiger partial charge is 0.422 e. The van der Waals surface area contributed by atoms with Crippen molar-refractivity contribution in [3.8, 4) is 0 Å². The van der Waals surface area contributed by atoms with Crippen molar-refractivity contribution in [1.82, 2.24) is 0 Å². The van der Waals surface area contributed by atoms with E-state index in [1.165, 1.54) is 0 Å². The van der Waals surface area contributed by atoms with Crippen LogP contribution in [0, 0.1) is 0 Å². The van der Waals surface area contributed by atoms with Crippen molar-refractivity contribution < 1.29 is 4.42 Å². The maximum Gasteiger partial charge on any atom is 0.359 e. The second kappa shape index (κ2) is 3.26. The van der Waals surface area contributed by atoms with Crippen molar-refractivity contribution in [2.24, 2.45) is 0 Å². The van der Waals surface area contributed by atoms with Gasteiger partial charge in [0.25, 0.3) is 0 Å². The zero-order valence-electron chi connectivity index (χ0n) is 7.13. The molecule has 0 bridgehead atoms. The smallest absolute Gasteiger partial charge is 0.359 e. The number of hydrogen-bond donors (Lipinski definition) is 1. The van der Waals surface area contributed by atoms with Gasteiger partial charge in [-0.2, -0.15) is 0 Å². The molecule has 0 aliphatic rings. The van der Waals surface area contributed by atoms with Crippen LogP contribution in [0.1, 0.15) is 13.8 Å². The number of nitrogens with two attached hydrogens (primary N) is 1. The lowest BCUT2D eigenvalue weighted by molar-refractivity contribution is 0.476. The van der Waals surface area contributed by atoms with Crippen LogP contribution in [0.15, 0.2) is 15.3 Å². The van der Waals surface area contributed by atoms with Gasteiger partial charge in [-0.05, 0) is 26.0 Å². The van der Waals surface area contributed by atoms with Crippen LogP contribution in [0.25, 0.3) is 12.2 Å². The molecule has 12 heavy (non-hydrogen) atoms. The lowest BCUT2D eigenvalue weighted by atomic mass is 10.3. The molecule has 1 aromatic rings. The predicted octanol–water partition coefficient (Wildman–Crippen LogP) is -0.177. The molecule has 1 heterocycles. The highest BCUT2D eigenvalue weighted by Crippen LogP contribution is 1.80. The molecular weight excluding hydrogens is 154 g/mol. The Bertz CT molecular complexity index is 443. The Hall–Kier alpha value is -1.51. The van der Waals surface area contributed by atoms with Crippen molar-refractivity contribution in [1.29, 1.82) is 0 Å². The van der Waals surface area contributed by atoms with Crippen molar-refractivity contribution in [2.75, 3.05) is 5.73 Å². The quantitative estimate of drug-likeness (QED) is 0.580. The first-order valence-electron chi connectivity index (χ1n) is 3.71. The first-order valence-corrected chi connectivity index (χ1v) is 3.71. The second-order valence-corrected chi connectivity index (χ2v) is 2.39. The van der Waals surface area contributed by atoms with Gasteiger partial charge in [0, 0.05) is 5.22 Å². The topological polar surface area (TPSA) is 56.2 Å². The minimum Gasteiger partial charge on any atom is -0.422 e. The van der Waals surface area contributed by atoms with Crippen LogP contribution in [0.2, 0.25) is 0 Å². The summed E-state index contributed by atoms with van der Waals surface area (Å²) in [5, 5.41) is 0.842. The SMILES string of the molecule is C/C=c1/cc(N)c(=O)o/c1=C/C. The highest BCUT2D eigenvalue weighted by Gasteiger charge is 1.94. The molecule has 3 heteroatoms. The van der Waals surface area contributed by atoms with Gasteiger partial charge in [0.1, 0.15) is 11.1 Å². The number of anilines is 1. The van der Waals surface area contributed by atoms with Gasteiger partial charge in [-0.15, -0.1) is 0 Å². The Morgan fingerprint density at radius 3 is 2.58 bits per heavy atom. The lowest BCUT2D eigenvalue weighted by Gasteiger charge is -1.90. The van der Waals surface area contributed by atoms with Gasteiger partial charge in [-0.1, -0.05) is 6.08 Å². The van der Waals surface area contributed by atoms with E-state index in [4.69, 9.17) is 10.2 Å². The zero-order valence-corrected chi connectivity index (χ0v) is 7.13. The fourth-order valence-corrected chi connectivity index (χ4v) is 0.966. The fourth-order valence-electron chi connectivity index (χ4n) is 0.966. The maximum absolute atomic E-state index is 10.9. The summed E-state index contributed by atoms with van der Waals surface area (Å²) in [6.45, 7) is 3.67. The third-order valence-corrected chi connectivity index (χ3v) is 1.61. The van der Waals surface area contributed by atoms with Crippen LogP contribution >= 0.6 is 0 Å². The summed E-state index contributed by atoms with van der Waals surface area (Å²) < 4.78 is 4.91. The molecule has 0 radical (unpaired) electrons. The van der Waals surface area contributed by atoms with Crippen molar-refractivity contribution in [3.05, 3.63) is 27.1 Å². The molecule has 3 nitrogen and oxygen atoms in total. The third kappa shape index (κ3) is 1.39. The van der Waals surface area contributed by atoms with Crippen molar-refractivity contribution in [2.45, 2.75) is 13.8 Å². The predicted molar refractivity (Wildman–Crippen MR) is 48.9 cm³/mol. The minimum absolute atomic E-state index is 0.147. The number of nitrogen functional groups attached to an aromatic ring is 1. The van der Waals surface area contributed by atoms with Crippen LogP contribution in [0.5, 0.6) is 0 Å². The molecule has 0 aliphatic heterocycles. The minimum atomic E-state index is -0.478. The summed E-state index contributed by atoms with van der Waals surface area (Å²) in [4.78, 5) is 10.9. The van der Waals surface area contributed by atoms with Gasteiger partial charge in [-0.25, -0.2) is 4.79 Å². The Balaban J connectivity index is 3.76. The standard InChI is InChI=1S/C9H11NO2/c1-3-6-5-7(10)9(11)12-8(6)4-2/h3-5H,10H2,1-2H3/b6-3-,8-4+. The molecule has 0 fully saturated rings. The molecule has 64 valence electrons. The summed E-state index contributed by atoms with van der Waals surface area (Å²) in [6.07, 6.45) is 3.57. The van der Waals surface area contributed by atoms with E-state index in [0.717, 1.165) is 5.22 Å². The molecule has 0 spiro atoms. The first-order chi connectivity index (χ1) is 5.69. The molecule has 0 saturated carbocycles. The monoisotopic (exact) mass is 165 g/mol. The summed E-state index contributed by atoms with van der Waals surface area (Å²) >= 11 is 0. The molecule has 2 N–H and O–H groups in total. The molecule has 0 amide bonds. The van der Waals surface area contributed by atoms with E-state index in [0.29, 0.717) is 5.42 Å². The average molecular weight is 165 g/mol. The Morgan fingerprint density at radius 2 is 2.08 bits per heavy atom.